The molecule has 0 fully saturated rings. The van der Waals surface area contributed by atoms with Crippen molar-refractivity contribution in [1.29, 1.82) is 0 Å². The summed E-state index contributed by atoms with van der Waals surface area (Å²) >= 11 is 19.9. The molecule has 0 radical (unpaired) electrons. The molecule has 3 aromatic rings. The lowest BCUT2D eigenvalue weighted by molar-refractivity contribution is 1.24. The van der Waals surface area contributed by atoms with Gasteiger partial charge in [-0.3, -0.25) is 0 Å². The van der Waals surface area contributed by atoms with E-state index in [1.54, 1.807) is 23.5 Å². The van der Waals surface area contributed by atoms with Gasteiger partial charge in [0, 0.05) is 0 Å². The van der Waals surface area contributed by atoms with Crippen LogP contribution in [0, 0.1) is 0 Å². The number of rotatable bonds is 1. The molecule has 0 spiro atoms. The molecule has 0 saturated carbocycles. The first-order valence-corrected chi connectivity index (χ1v) is 7.03. The Morgan fingerprint density at radius 1 is 0.944 bits per heavy atom. The van der Waals surface area contributed by atoms with Gasteiger partial charge in [-0.15, -0.1) is 11.3 Å². The van der Waals surface area contributed by atoms with Gasteiger partial charge in [0.2, 0.25) is 0 Å². The van der Waals surface area contributed by atoms with Crippen molar-refractivity contribution in [2.75, 3.05) is 0 Å². The number of hydrogen-bond donors (Lipinski definition) is 0. The highest BCUT2D eigenvalue weighted by Crippen LogP contribution is 2.34. The van der Waals surface area contributed by atoms with Gasteiger partial charge in [0.1, 0.15) is 5.15 Å². The normalized spacial score (nSPS) is 11.1. The lowest BCUT2D eigenvalue weighted by Gasteiger charge is -2.06. The van der Waals surface area contributed by atoms with E-state index < -0.39 is 0 Å². The van der Waals surface area contributed by atoms with Gasteiger partial charge in [0.15, 0.2) is 5.82 Å². The molecule has 0 bridgehead atoms. The molecule has 6 heteroatoms. The zero-order valence-electron chi connectivity index (χ0n) is 8.82. The minimum absolute atomic E-state index is 0.316. The van der Waals surface area contributed by atoms with Crippen LogP contribution >= 0.6 is 46.1 Å². The van der Waals surface area contributed by atoms with Crippen LogP contribution in [0.3, 0.4) is 0 Å². The van der Waals surface area contributed by atoms with Crippen molar-refractivity contribution in [1.82, 2.24) is 9.97 Å². The van der Waals surface area contributed by atoms with Crippen molar-refractivity contribution in [3.63, 3.8) is 0 Å². The molecule has 0 unspecified atom stereocenters. The fourth-order valence-electron chi connectivity index (χ4n) is 1.64. The molecule has 0 amide bonds. The molecular formula is C12H5Cl3N2S. The first-order chi connectivity index (χ1) is 8.66. The lowest BCUT2D eigenvalue weighted by atomic mass is 10.2. The average Bonchev–Trinajstić information content (AvgIpc) is 2.87. The molecule has 0 saturated heterocycles. The van der Waals surface area contributed by atoms with Crippen LogP contribution in [-0.2, 0) is 0 Å². The van der Waals surface area contributed by atoms with Crippen LogP contribution in [0.2, 0.25) is 15.2 Å². The maximum absolute atomic E-state index is 6.17. The first-order valence-electron chi connectivity index (χ1n) is 5.02. The van der Waals surface area contributed by atoms with Crippen LogP contribution in [0.1, 0.15) is 0 Å². The third kappa shape index (κ3) is 1.97. The second-order valence-corrected chi connectivity index (χ2v) is 5.69. The third-order valence-corrected chi connectivity index (χ3v) is 4.21. The summed E-state index contributed by atoms with van der Waals surface area (Å²) in [5.41, 5.74) is 0.576. The predicted molar refractivity (Wildman–Crippen MR) is 77.9 cm³/mol. The van der Waals surface area contributed by atoms with Gasteiger partial charge in [-0.05, 0) is 23.6 Å². The van der Waals surface area contributed by atoms with Gasteiger partial charge in [0.05, 0.1) is 25.8 Å². The number of fused-ring (bicyclic) bond motifs is 1. The van der Waals surface area contributed by atoms with Crippen molar-refractivity contribution < 1.29 is 0 Å². The Morgan fingerprint density at radius 2 is 1.72 bits per heavy atom. The smallest absolute Gasteiger partial charge is 0.171 e. The van der Waals surface area contributed by atoms with Crippen molar-refractivity contribution in [2.45, 2.75) is 0 Å². The van der Waals surface area contributed by atoms with E-state index in [0.29, 0.717) is 31.9 Å². The molecule has 2 aromatic heterocycles. The molecule has 18 heavy (non-hydrogen) atoms. The molecule has 1 aromatic carbocycles. The highest BCUT2D eigenvalue weighted by atomic mass is 35.5. The monoisotopic (exact) mass is 314 g/mol. The summed E-state index contributed by atoms with van der Waals surface area (Å²) in [6, 6.07) is 7.25. The molecule has 90 valence electrons. The Bertz CT molecular complexity index is 726. The van der Waals surface area contributed by atoms with E-state index in [2.05, 4.69) is 9.97 Å². The van der Waals surface area contributed by atoms with E-state index in [4.69, 9.17) is 34.8 Å². The number of benzene rings is 1. The van der Waals surface area contributed by atoms with Gasteiger partial charge in [0.25, 0.3) is 0 Å². The van der Waals surface area contributed by atoms with Crippen molar-refractivity contribution in [2.24, 2.45) is 0 Å². The fourth-order valence-corrected chi connectivity index (χ4v) is 3.06. The van der Waals surface area contributed by atoms with E-state index in [-0.39, 0.29) is 0 Å². The first kappa shape index (κ1) is 12.2. The zero-order valence-corrected chi connectivity index (χ0v) is 11.9. The Labute approximate surface area is 122 Å². The van der Waals surface area contributed by atoms with Gasteiger partial charge >= 0.3 is 0 Å². The number of halogens is 3. The van der Waals surface area contributed by atoms with E-state index in [1.807, 2.05) is 17.5 Å². The summed E-state index contributed by atoms with van der Waals surface area (Å²) in [5.74, 6) is 0.562. The van der Waals surface area contributed by atoms with Crippen LogP contribution in [-0.4, -0.2) is 9.97 Å². The van der Waals surface area contributed by atoms with E-state index in [0.717, 1.165) is 4.88 Å². The lowest BCUT2D eigenvalue weighted by Crippen LogP contribution is -1.91. The van der Waals surface area contributed by atoms with Gasteiger partial charge in [-0.2, -0.15) is 0 Å². The zero-order chi connectivity index (χ0) is 12.7. The van der Waals surface area contributed by atoms with Crippen LogP contribution in [0.5, 0.6) is 0 Å². The molecule has 0 aliphatic heterocycles. The average molecular weight is 316 g/mol. The number of thiophene rings is 1. The molecular weight excluding hydrogens is 311 g/mol. The van der Waals surface area contributed by atoms with Crippen molar-refractivity contribution in [3.8, 4) is 10.7 Å². The maximum Gasteiger partial charge on any atom is 0.171 e. The highest BCUT2D eigenvalue weighted by Gasteiger charge is 2.13. The molecule has 3 rings (SSSR count). The number of nitrogens with zero attached hydrogens (tertiary/aromatic N) is 2. The number of hydrogen-bond acceptors (Lipinski definition) is 3. The van der Waals surface area contributed by atoms with E-state index in [9.17, 15) is 0 Å². The Kier molecular flexibility index (Phi) is 3.16. The number of aromatic nitrogens is 2. The molecule has 2 nitrogen and oxygen atoms in total. The van der Waals surface area contributed by atoms with Crippen LogP contribution in [0.15, 0.2) is 29.6 Å². The topological polar surface area (TPSA) is 25.8 Å². The summed E-state index contributed by atoms with van der Waals surface area (Å²) in [5, 5.41) is 3.87. The van der Waals surface area contributed by atoms with Gasteiger partial charge < -0.3 is 0 Å². The summed E-state index contributed by atoms with van der Waals surface area (Å²) < 4.78 is 0. The summed E-state index contributed by atoms with van der Waals surface area (Å²) in [4.78, 5) is 9.64. The Balaban J connectivity index is 2.37. The largest absolute Gasteiger partial charge is 0.225 e. The highest BCUT2D eigenvalue weighted by molar-refractivity contribution is 7.13. The third-order valence-electron chi connectivity index (χ3n) is 2.45. The van der Waals surface area contributed by atoms with Crippen LogP contribution in [0.4, 0.5) is 0 Å². The molecule has 0 aliphatic carbocycles. The summed E-state index contributed by atoms with van der Waals surface area (Å²) in [6.45, 7) is 0. The maximum atomic E-state index is 6.17. The standard InChI is InChI=1S/C12H5Cl3N2S/c13-6-3-4-7(14)10-9(6)11(15)17-12(16-10)8-2-1-5-18-8/h1-5H. The van der Waals surface area contributed by atoms with Crippen LogP contribution in [0.25, 0.3) is 21.6 Å². The summed E-state index contributed by atoms with van der Waals surface area (Å²) in [7, 11) is 0. The molecule has 0 N–H and O–H groups in total. The van der Waals surface area contributed by atoms with Crippen LogP contribution < -0.4 is 0 Å². The van der Waals surface area contributed by atoms with Gasteiger partial charge in [-0.25, -0.2) is 9.97 Å². The van der Waals surface area contributed by atoms with E-state index >= 15 is 0 Å². The van der Waals surface area contributed by atoms with Crippen molar-refractivity contribution >= 4 is 57.0 Å². The van der Waals surface area contributed by atoms with Crippen molar-refractivity contribution in [3.05, 3.63) is 44.8 Å². The second-order valence-electron chi connectivity index (χ2n) is 3.57. The predicted octanol–water partition coefficient (Wildman–Crippen LogP) is 5.32. The van der Waals surface area contributed by atoms with E-state index in [1.165, 1.54) is 0 Å². The SMILES string of the molecule is Clc1ccc(Cl)c2c(Cl)nc(-c3cccs3)nc12. The molecule has 0 aliphatic rings. The van der Waals surface area contributed by atoms with Gasteiger partial charge in [-0.1, -0.05) is 40.9 Å². The minimum atomic E-state index is 0.316. The molecule has 2 heterocycles. The summed E-state index contributed by atoms with van der Waals surface area (Å²) in [6.07, 6.45) is 0. The second kappa shape index (κ2) is 4.67. The quantitative estimate of drug-likeness (QED) is 0.568. The fraction of sp³-hybridized carbons (Fsp3) is 0. The molecule has 0 atom stereocenters. The Hall–Kier alpha value is -0.870. The minimum Gasteiger partial charge on any atom is -0.225 e. The Morgan fingerprint density at radius 3 is 2.44 bits per heavy atom.